The van der Waals surface area contributed by atoms with E-state index in [2.05, 4.69) is 10.6 Å². The number of halogens is 2. The summed E-state index contributed by atoms with van der Waals surface area (Å²) in [4.78, 5) is 11.0. The Bertz CT molecular complexity index is 425. The van der Waals surface area contributed by atoms with E-state index in [4.69, 9.17) is 11.6 Å². The van der Waals surface area contributed by atoms with Crippen molar-refractivity contribution in [2.75, 3.05) is 6.54 Å². The van der Waals surface area contributed by atoms with Crippen LogP contribution in [0.3, 0.4) is 0 Å². The Balaban J connectivity index is 1.81. The average Bonchev–Trinajstić information content (AvgIpc) is 2.69. The molecule has 1 aliphatic heterocycles. The highest BCUT2D eigenvalue weighted by atomic mass is 35.5. The maximum Gasteiger partial charge on any atom is 0.220 e. The van der Waals surface area contributed by atoms with Gasteiger partial charge in [-0.3, -0.25) is 4.79 Å². The van der Waals surface area contributed by atoms with Crippen molar-refractivity contribution < 1.29 is 9.18 Å². The fourth-order valence-corrected chi connectivity index (χ4v) is 2.08. The Morgan fingerprint density at radius 2 is 2.35 bits per heavy atom. The van der Waals surface area contributed by atoms with Crippen LogP contribution >= 0.6 is 11.6 Å². The minimum absolute atomic E-state index is 0.0886. The molecule has 0 aliphatic carbocycles. The first-order valence-corrected chi connectivity index (χ1v) is 5.97. The highest BCUT2D eigenvalue weighted by Crippen LogP contribution is 2.14. The molecule has 1 amide bonds. The molecule has 0 saturated carbocycles. The van der Waals surface area contributed by atoms with E-state index in [1.165, 1.54) is 12.1 Å². The summed E-state index contributed by atoms with van der Waals surface area (Å²) in [6, 6.07) is 4.65. The van der Waals surface area contributed by atoms with Crippen molar-refractivity contribution >= 4 is 17.5 Å². The molecular weight excluding hydrogens is 243 g/mol. The van der Waals surface area contributed by atoms with E-state index in [0.717, 1.165) is 6.42 Å². The largest absolute Gasteiger partial charge is 0.352 e. The fraction of sp³-hybridized carbons (Fsp3) is 0.417. The van der Waals surface area contributed by atoms with Gasteiger partial charge in [-0.2, -0.15) is 0 Å². The van der Waals surface area contributed by atoms with Gasteiger partial charge in [0.2, 0.25) is 5.91 Å². The maximum atomic E-state index is 13.4. The van der Waals surface area contributed by atoms with E-state index < -0.39 is 0 Å². The minimum Gasteiger partial charge on any atom is -0.352 e. The van der Waals surface area contributed by atoms with Crippen molar-refractivity contribution in [2.45, 2.75) is 25.4 Å². The van der Waals surface area contributed by atoms with Crippen molar-refractivity contribution in [3.63, 3.8) is 0 Å². The lowest BCUT2D eigenvalue weighted by Gasteiger charge is -2.11. The first-order valence-electron chi connectivity index (χ1n) is 5.59. The number of carbonyl (C=O) groups excluding carboxylic acids is 1. The van der Waals surface area contributed by atoms with Crippen LogP contribution in [0.5, 0.6) is 0 Å². The molecule has 1 saturated heterocycles. The molecule has 17 heavy (non-hydrogen) atoms. The molecule has 3 nitrogen and oxygen atoms in total. The topological polar surface area (TPSA) is 41.1 Å². The summed E-state index contributed by atoms with van der Waals surface area (Å²) >= 11 is 5.79. The van der Waals surface area contributed by atoms with Crippen LogP contribution in [-0.2, 0) is 11.3 Å². The van der Waals surface area contributed by atoms with E-state index in [1.54, 1.807) is 6.07 Å². The third kappa shape index (κ3) is 3.41. The molecule has 1 heterocycles. The maximum absolute atomic E-state index is 13.4. The zero-order valence-corrected chi connectivity index (χ0v) is 10.1. The number of nitrogens with one attached hydrogen (secondary N) is 2. The zero-order valence-electron chi connectivity index (χ0n) is 9.30. The molecule has 1 fully saturated rings. The van der Waals surface area contributed by atoms with Gasteiger partial charge in [0, 0.05) is 36.1 Å². The highest BCUT2D eigenvalue weighted by Gasteiger charge is 2.19. The Kier molecular flexibility index (Phi) is 3.97. The number of hydrogen-bond donors (Lipinski definition) is 2. The summed E-state index contributed by atoms with van der Waals surface area (Å²) in [5, 5.41) is 6.49. The monoisotopic (exact) mass is 256 g/mol. The molecule has 2 rings (SSSR count). The first-order chi connectivity index (χ1) is 8.15. The van der Waals surface area contributed by atoms with Gasteiger partial charge in [0.05, 0.1) is 0 Å². The van der Waals surface area contributed by atoms with E-state index in [1.807, 2.05) is 0 Å². The number of carbonyl (C=O) groups is 1. The first kappa shape index (κ1) is 12.3. The second-order valence-corrected chi connectivity index (χ2v) is 4.61. The van der Waals surface area contributed by atoms with E-state index >= 15 is 0 Å². The van der Waals surface area contributed by atoms with Gasteiger partial charge in [-0.05, 0) is 24.6 Å². The second kappa shape index (κ2) is 5.47. The van der Waals surface area contributed by atoms with Crippen molar-refractivity contribution in [3.8, 4) is 0 Å². The molecule has 0 spiro atoms. The van der Waals surface area contributed by atoms with E-state index in [-0.39, 0.29) is 17.8 Å². The Morgan fingerprint density at radius 1 is 1.53 bits per heavy atom. The standard InChI is InChI=1S/C12H14ClFN2O/c13-9-1-3-11(14)8(5-9)6-15-7-10-2-4-12(17)16-10/h1,3,5,10,15H,2,4,6-7H2,(H,16,17). The molecule has 0 radical (unpaired) electrons. The van der Waals surface area contributed by atoms with E-state index in [0.29, 0.717) is 30.1 Å². The average molecular weight is 257 g/mol. The fourth-order valence-electron chi connectivity index (χ4n) is 1.89. The van der Waals surface area contributed by atoms with Crippen LogP contribution in [0.1, 0.15) is 18.4 Å². The molecule has 5 heteroatoms. The number of rotatable bonds is 4. The van der Waals surface area contributed by atoms with Crippen LogP contribution in [0.15, 0.2) is 18.2 Å². The normalized spacial score (nSPS) is 19.4. The van der Waals surface area contributed by atoms with Crippen molar-refractivity contribution in [3.05, 3.63) is 34.6 Å². The van der Waals surface area contributed by atoms with Gasteiger partial charge < -0.3 is 10.6 Å². The van der Waals surface area contributed by atoms with Crippen LogP contribution in [0.2, 0.25) is 5.02 Å². The molecule has 1 aromatic carbocycles. The Morgan fingerprint density at radius 3 is 3.06 bits per heavy atom. The van der Waals surface area contributed by atoms with Gasteiger partial charge in [-0.25, -0.2) is 4.39 Å². The summed E-state index contributed by atoms with van der Waals surface area (Å²) in [5.74, 6) is -0.178. The second-order valence-electron chi connectivity index (χ2n) is 4.17. The number of hydrogen-bond acceptors (Lipinski definition) is 2. The van der Waals surface area contributed by atoms with Gasteiger partial charge >= 0.3 is 0 Å². The molecule has 1 aromatic rings. The Labute approximate surface area is 104 Å². The molecule has 1 atom stereocenters. The van der Waals surface area contributed by atoms with E-state index in [9.17, 15) is 9.18 Å². The van der Waals surface area contributed by atoms with Gasteiger partial charge in [0.25, 0.3) is 0 Å². The predicted molar refractivity (Wildman–Crippen MR) is 64.3 cm³/mol. The smallest absolute Gasteiger partial charge is 0.220 e. The summed E-state index contributed by atoms with van der Waals surface area (Å²) in [6.45, 7) is 1.07. The summed E-state index contributed by atoms with van der Waals surface area (Å²) < 4.78 is 13.4. The van der Waals surface area contributed by atoms with Gasteiger partial charge in [0.15, 0.2) is 0 Å². The van der Waals surface area contributed by atoms with Crippen LogP contribution in [-0.4, -0.2) is 18.5 Å². The van der Waals surface area contributed by atoms with Crippen LogP contribution < -0.4 is 10.6 Å². The quantitative estimate of drug-likeness (QED) is 0.863. The number of amides is 1. The van der Waals surface area contributed by atoms with Crippen LogP contribution in [0.25, 0.3) is 0 Å². The summed E-state index contributed by atoms with van der Waals surface area (Å²) in [6.07, 6.45) is 1.42. The van der Waals surface area contributed by atoms with Gasteiger partial charge in [0.1, 0.15) is 5.82 Å². The molecule has 1 aliphatic rings. The zero-order chi connectivity index (χ0) is 12.3. The third-order valence-corrected chi connectivity index (χ3v) is 3.03. The predicted octanol–water partition coefficient (Wildman–Crippen LogP) is 1.85. The molecular formula is C12H14ClFN2O. The van der Waals surface area contributed by atoms with Crippen molar-refractivity contribution in [2.24, 2.45) is 0 Å². The molecule has 92 valence electrons. The summed E-state index contributed by atoms with van der Waals surface area (Å²) in [7, 11) is 0. The molecule has 2 N–H and O–H groups in total. The van der Waals surface area contributed by atoms with Gasteiger partial charge in [-0.1, -0.05) is 11.6 Å². The Hall–Kier alpha value is -1.13. The molecule has 0 aromatic heterocycles. The van der Waals surface area contributed by atoms with Crippen molar-refractivity contribution in [1.29, 1.82) is 0 Å². The number of benzene rings is 1. The molecule has 0 bridgehead atoms. The van der Waals surface area contributed by atoms with Gasteiger partial charge in [-0.15, -0.1) is 0 Å². The lowest BCUT2D eigenvalue weighted by atomic mass is 10.2. The summed E-state index contributed by atoms with van der Waals surface area (Å²) in [5.41, 5.74) is 0.543. The van der Waals surface area contributed by atoms with Crippen LogP contribution in [0.4, 0.5) is 4.39 Å². The third-order valence-electron chi connectivity index (χ3n) is 2.80. The lowest BCUT2D eigenvalue weighted by molar-refractivity contribution is -0.119. The highest BCUT2D eigenvalue weighted by molar-refractivity contribution is 6.30. The van der Waals surface area contributed by atoms with Crippen LogP contribution in [0, 0.1) is 5.82 Å². The molecule has 1 unspecified atom stereocenters. The lowest BCUT2D eigenvalue weighted by Crippen LogP contribution is -2.35. The van der Waals surface area contributed by atoms with Crippen molar-refractivity contribution in [1.82, 2.24) is 10.6 Å². The SMILES string of the molecule is O=C1CCC(CNCc2cc(Cl)ccc2F)N1. The minimum atomic E-state index is -0.266.